The summed E-state index contributed by atoms with van der Waals surface area (Å²) < 4.78 is 39.9. The van der Waals surface area contributed by atoms with Gasteiger partial charge in [-0.3, -0.25) is 9.48 Å². The van der Waals surface area contributed by atoms with E-state index in [1.54, 1.807) is 12.3 Å². The van der Waals surface area contributed by atoms with Crippen LogP contribution in [0.5, 0.6) is 0 Å². The lowest BCUT2D eigenvalue weighted by molar-refractivity contribution is -0.137. The van der Waals surface area contributed by atoms with E-state index in [1.807, 2.05) is 10.7 Å². The molecule has 0 saturated carbocycles. The molecule has 7 heteroatoms. The fourth-order valence-electron chi connectivity index (χ4n) is 2.97. The zero-order chi connectivity index (χ0) is 17.2. The molecule has 3 rings (SSSR count). The fourth-order valence-corrected chi connectivity index (χ4v) is 2.97. The highest BCUT2D eigenvalue weighted by molar-refractivity contribution is 5.79. The van der Waals surface area contributed by atoms with Crippen LogP contribution >= 0.6 is 0 Å². The summed E-state index contributed by atoms with van der Waals surface area (Å²) in [4.78, 5) is 12.2. The van der Waals surface area contributed by atoms with Crippen molar-refractivity contribution in [3.63, 3.8) is 0 Å². The second kappa shape index (κ2) is 6.67. The van der Waals surface area contributed by atoms with Crippen LogP contribution < -0.4 is 5.32 Å². The second-order valence-electron chi connectivity index (χ2n) is 5.97. The normalized spacial score (nSPS) is 17.4. The van der Waals surface area contributed by atoms with Crippen molar-refractivity contribution in [1.82, 2.24) is 15.1 Å². The average Bonchev–Trinajstić information content (AvgIpc) is 3.02. The number of aromatic nitrogens is 2. The maximum Gasteiger partial charge on any atom is 0.416 e. The van der Waals surface area contributed by atoms with Crippen LogP contribution in [0.3, 0.4) is 0 Å². The molecule has 0 bridgehead atoms. The van der Waals surface area contributed by atoms with E-state index in [-0.39, 0.29) is 11.8 Å². The van der Waals surface area contributed by atoms with Crippen LogP contribution in [-0.2, 0) is 30.4 Å². The van der Waals surface area contributed by atoms with Gasteiger partial charge in [-0.05, 0) is 30.5 Å². The lowest BCUT2D eigenvalue weighted by Crippen LogP contribution is -2.36. The van der Waals surface area contributed by atoms with Crippen molar-refractivity contribution in [1.29, 1.82) is 0 Å². The first kappa shape index (κ1) is 16.5. The van der Waals surface area contributed by atoms with Crippen molar-refractivity contribution in [2.75, 3.05) is 6.54 Å². The number of nitrogens with one attached hydrogen (secondary N) is 1. The molecule has 1 aromatic heterocycles. The summed E-state index contributed by atoms with van der Waals surface area (Å²) in [5.74, 6) is -0.148. The van der Waals surface area contributed by atoms with Crippen LogP contribution in [0.15, 0.2) is 36.5 Å². The molecule has 0 saturated heterocycles. The van der Waals surface area contributed by atoms with Gasteiger partial charge in [-0.15, -0.1) is 0 Å². The third kappa shape index (κ3) is 3.77. The molecule has 2 aromatic rings. The molecule has 1 aliphatic heterocycles. The molecule has 0 fully saturated rings. The van der Waals surface area contributed by atoms with E-state index in [9.17, 15) is 18.0 Å². The van der Waals surface area contributed by atoms with Crippen LogP contribution in [0.25, 0.3) is 0 Å². The first-order valence-corrected chi connectivity index (χ1v) is 7.88. The van der Waals surface area contributed by atoms with E-state index >= 15 is 0 Å². The Balaban J connectivity index is 1.51. The predicted molar refractivity (Wildman–Crippen MR) is 82.2 cm³/mol. The Morgan fingerprint density at radius 3 is 2.96 bits per heavy atom. The third-order valence-electron chi connectivity index (χ3n) is 4.29. The monoisotopic (exact) mass is 337 g/mol. The lowest BCUT2D eigenvalue weighted by atomic mass is 9.95. The molecule has 1 unspecified atom stereocenters. The van der Waals surface area contributed by atoms with Gasteiger partial charge < -0.3 is 5.32 Å². The molecule has 0 aliphatic carbocycles. The largest absolute Gasteiger partial charge is 0.416 e. The van der Waals surface area contributed by atoms with Crippen molar-refractivity contribution in [3.8, 4) is 0 Å². The number of amides is 1. The molecule has 0 spiro atoms. The number of carbonyl (C=O) groups excluding carboxylic acids is 1. The molecular weight excluding hydrogens is 319 g/mol. The minimum absolute atomic E-state index is 0.0468. The maximum atomic E-state index is 12.7. The van der Waals surface area contributed by atoms with Crippen molar-refractivity contribution in [2.45, 2.75) is 32.0 Å². The lowest BCUT2D eigenvalue weighted by Gasteiger charge is -2.22. The Kier molecular flexibility index (Phi) is 4.59. The van der Waals surface area contributed by atoms with E-state index < -0.39 is 11.7 Å². The summed E-state index contributed by atoms with van der Waals surface area (Å²) in [5.41, 5.74) is 0.943. The highest BCUT2D eigenvalue weighted by Gasteiger charge is 2.30. The van der Waals surface area contributed by atoms with Crippen molar-refractivity contribution < 1.29 is 18.0 Å². The molecule has 128 valence electrons. The Hall–Kier alpha value is -2.31. The van der Waals surface area contributed by atoms with Gasteiger partial charge >= 0.3 is 6.18 Å². The molecule has 4 nitrogen and oxygen atoms in total. The summed E-state index contributed by atoms with van der Waals surface area (Å²) in [6.45, 7) is 1.05. The Morgan fingerprint density at radius 2 is 2.17 bits per heavy atom. The zero-order valence-electron chi connectivity index (χ0n) is 13.0. The number of fused-ring (bicyclic) bond motifs is 1. The van der Waals surface area contributed by atoms with Gasteiger partial charge in [0.2, 0.25) is 5.91 Å². The van der Waals surface area contributed by atoms with Crippen LogP contribution in [-0.4, -0.2) is 22.2 Å². The molecule has 1 N–H and O–H groups in total. The number of aryl methyl sites for hydroxylation is 1. The average molecular weight is 337 g/mol. The number of halogens is 3. The molecule has 1 aliphatic rings. The summed E-state index contributed by atoms with van der Waals surface area (Å²) in [7, 11) is 0. The van der Waals surface area contributed by atoms with Gasteiger partial charge in [-0.2, -0.15) is 18.3 Å². The molecule has 24 heavy (non-hydrogen) atoms. The minimum atomic E-state index is -4.34. The number of rotatable bonds is 4. The highest BCUT2D eigenvalue weighted by atomic mass is 19.4. The zero-order valence-corrected chi connectivity index (χ0v) is 13.0. The van der Waals surface area contributed by atoms with E-state index in [4.69, 9.17) is 0 Å². The first-order chi connectivity index (χ1) is 11.4. The Morgan fingerprint density at radius 1 is 1.33 bits per heavy atom. The number of hydrogen-bond acceptors (Lipinski definition) is 2. The highest BCUT2D eigenvalue weighted by Crippen LogP contribution is 2.29. The molecule has 0 radical (unpaired) electrons. The number of benzene rings is 1. The maximum absolute atomic E-state index is 12.7. The van der Waals surface area contributed by atoms with Crippen LogP contribution in [0.1, 0.15) is 23.2 Å². The van der Waals surface area contributed by atoms with Crippen molar-refractivity contribution in [2.24, 2.45) is 5.92 Å². The van der Waals surface area contributed by atoms with Gasteiger partial charge in [0, 0.05) is 37.3 Å². The smallest absolute Gasteiger partial charge is 0.356 e. The van der Waals surface area contributed by atoms with Gasteiger partial charge in [0.25, 0.3) is 0 Å². The standard InChI is InChI=1S/C17H18F3N3O/c18-17(19,20)14-3-1-2-12(10-14)4-7-21-16(24)13-6-9-23-15(11-13)5-8-22-23/h1-3,5,8,10,13H,4,6-7,9,11H2,(H,21,24). The predicted octanol–water partition coefficient (Wildman–Crippen LogP) is 2.82. The van der Waals surface area contributed by atoms with Crippen LogP contribution in [0.2, 0.25) is 0 Å². The summed E-state index contributed by atoms with van der Waals surface area (Å²) in [5, 5.41) is 7.01. The van der Waals surface area contributed by atoms with E-state index in [0.717, 1.165) is 24.2 Å². The van der Waals surface area contributed by atoms with Crippen LogP contribution in [0.4, 0.5) is 13.2 Å². The van der Waals surface area contributed by atoms with Crippen molar-refractivity contribution in [3.05, 3.63) is 53.3 Å². The topological polar surface area (TPSA) is 46.9 Å². The molecule has 1 amide bonds. The molecule has 2 heterocycles. The quantitative estimate of drug-likeness (QED) is 0.933. The molecular formula is C17H18F3N3O. The minimum Gasteiger partial charge on any atom is -0.356 e. The summed E-state index contributed by atoms with van der Waals surface area (Å²) in [6, 6.07) is 7.11. The second-order valence-corrected chi connectivity index (χ2v) is 5.97. The molecule has 1 aromatic carbocycles. The number of carbonyl (C=O) groups is 1. The number of alkyl halides is 3. The van der Waals surface area contributed by atoms with Gasteiger partial charge in [0.05, 0.1) is 5.56 Å². The van der Waals surface area contributed by atoms with Gasteiger partial charge in [-0.1, -0.05) is 18.2 Å². The molecule has 1 atom stereocenters. The number of nitrogens with zero attached hydrogens (tertiary/aromatic N) is 2. The van der Waals surface area contributed by atoms with E-state index in [2.05, 4.69) is 10.4 Å². The van der Waals surface area contributed by atoms with Crippen LogP contribution in [0, 0.1) is 5.92 Å². The first-order valence-electron chi connectivity index (χ1n) is 7.88. The Labute approximate surface area is 137 Å². The van der Waals surface area contributed by atoms with E-state index in [1.165, 1.54) is 6.07 Å². The summed E-state index contributed by atoms with van der Waals surface area (Å²) >= 11 is 0. The van der Waals surface area contributed by atoms with E-state index in [0.29, 0.717) is 31.5 Å². The van der Waals surface area contributed by atoms with Gasteiger partial charge in [0.15, 0.2) is 0 Å². The van der Waals surface area contributed by atoms with Gasteiger partial charge in [0.1, 0.15) is 0 Å². The fraction of sp³-hybridized carbons (Fsp3) is 0.412. The Bertz CT molecular complexity index is 724. The van der Waals surface area contributed by atoms with Crippen molar-refractivity contribution >= 4 is 5.91 Å². The SMILES string of the molecule is O=C(NCCc1cccc(C(F)(F)F)c1)C1CCn2nccc2C1. The number of hydrogen-bond donors (Lipinski definition) is 1. The van der Waals surface area contributed by atoms with Gasteiger partial charge in [-0.25, -0.2) is 0 Å². The third-order valence-corrected chi connectivity index (χ3v) is 4.29. The summed E-state index contributed by atoms with van der Waals surface area (Å²) in [6.07, 6.45) is -0.868.